The number of benzene rings is 1. The minimum absolute atomic E-state index is 0.00451. The lowest BCUT2D eigenvalue weighted by Gasteiger charge is -2.05. The van der Waals surface area contributed by atoms with Crippen molar-refractivity contribution in [3.05, 3.63) is 35.1 Å². The Morgan fingerprint density at radius 2 is 2.00 bits per heavy atom. The summed E-state index contributed by atoms with van der Waals surface area (Å²) in [5, 5.41) is 8.67. The van der Waals surface area contributed by atoms with Crippen LogP contribution in [0.25, 0.3) is 0 Å². The predicted octanol–water partition coefficient (Wildman–Crippen LogP) is 4.05. The van der Waals surface area contributed by atoms with Gasteiger partial charge in [0.2, 0.25) is 0 Å². The summed E-state index contributed by atoms with van der Waals surface area (Å²) >= 11 is 0. The lowest BCUT2D eigenvalue weighted by Crippen LogP contribution is -1.97. The first-order valence-electron chi connectivity index (χ1n) is 7.73. The van der Waals surface area contributed by atoms with E-state index in [2.05, 4.69) is 18.8 Å². The van der Waals surface area contributed by atoms with Gasteiger partial charge in [0, 0.05) is 13.0 Å². The average molecular weight is 292 g/mol. The summed E-state index contributed by atoms with van der Waals surface area (Å²) in [6, 6.07) is 4.86. The average Bonchev–Trinajstić information content (AvgIpc) is 2.49. The molecule has 0 atom stereocenters. The van der Waals surface area contributed by atoms with E-state index in [1.165, 1.54) is 31.7 Å². The van der Waals surface area contributed by atoms with E-state index in [0.29, 0.717) is 18.6 Å². The Hall–Kier alpha value is -1.37. The molecule has 21 heavy (non-hydrogen) atoms. The van der Waals surface area contributed by atoms with Gasteiger partial charge in [-0.15, -0.1) is 0 Å². The van der Waals surface area contributed by atoms with Crippen LogP contribution in [0.2, 0.25) is 0 Å². The van der Waals surface area contributed by atoms with Crippen LogP contribution in [0.1, 0.15) is 56.6 Å². The van der Waals surface area contributed by atoms with Crippen molar-refractivity contribution in [2.75, 3.05) is 13.2 Å². The number of unbranched alkanes of at least 4 members (excludes halogenated alkanes) is 4. The third-order valence-electron chi connectivity index (χ3n) is 3.15. The maximum absolute atomic E-state index is 13.6. The summed E-state index contributed by atoms with van der Waals surface area (Å²) in [6.45, 7) is 3.43. The minimum atomic E-state index is -0.330. The van der Waals surface area contributed by atoms with Crippen LogP contribution in [0, 0.1) is 17.7 Å². The van der Waals surface area contributed by atoms with Crippen LogP contribution in [-0.4, -0.2) is 18.3 Å². The number of halogens is 1. The number of aliphatic hydroxyl groups excluding tert-OH is 1. The molecule has 2 nitrogen and oxygen atoms in total. The molecule has 0 aromatic heterocycles. The molecule has 1 aromatic rings. The fourth-order valence-electron chi connectivity index (χ4n) is 1.97. The molecule has 0 unspecified atom stereocenters. The zero-order valence-corrected chi connectivity index (χ0v) is 12.8. The number of hydrogen-bond donors (Lipinski definition) is 1. The topological polar surface area (TPSA) is 29.5 Å². The highest BCUT2D eigenvalue weighted by Gasteiger charge is 2.01. The molecule has 1 rings (SSSR count). The highest BCUT2D eigenvalue weighted by molar-refractivity contribution is 5.38. The molecule has 0 aliphatic carbocycles. The van der Waals surface area contributed by atoms with Gasteiger partial charge in [0.25, 0.3) is 0 Å². The molecular formula is C18H25FO2. The molecule has 3 heteroatoms. The quantitative estimate of drug-likeness (QED) is 0.549. The molecule has 1 N–H and O–H groups in total. The van der Waals surface area contributed by atoms with Crippen LogP contribution in [0.4, 0.5) is 4.39 Å². The normalized spacial score (nSPS) is 10.2. The van der Waals surface area contributed by atoms with Crippen LogP contribution < -0.4 is 0 Å². The Morgan fingerprint density at radius 3 is 2.76 bits per heavy atom. The number of ether oxygens (including phenoxy) is 1. The van der Waals surface area contributed by atoms with Gasteiger partial charge in [-0.1, -0.05) is 50.5 Å². The molecule has 0 aliphatic heterocycles. The maximum Gasteiger partial charge on any atom is 0.138 e. The Bertz CT molecular complexity index is 460. The first kappa shape index (κ1) is 17.7. The van der Waals surface area contributed by atoms with E-state index in [-0.39, 0.29) is 12.4 Å². The predicted molar refractivity (Wildman–Crippen MR) is 83.4 cm³/mol. The van der Waals surface area contributed by atoms with Gasteiger partial charge in [-0.25, -0.2) is 4.39 Å². The Morgan fingerprint density at radius 1 is 1.19 bits per heavy atom. The molecule has 0 radical (unpaired) electrons. The van der Waals surface area contributed by atoms with Crippen LogP contribution in [0.3, 0.4) is 0 Å². The van der Waals surface area contributed by atoms with E-state index in [0.717, 1.165) is 18.6 Å². The van der Waals surface area contributed by atoms with Crippen molar-refractivity contribution in [3.8, 4) is 11.8 Å². The zero-order chi connectivity index (χ0) is 15.3. The van der Waals surface area contributed by atoms with Crippen molar-refractivity contribution < 1.29 is 14.2 Å². The maximum atomic E-state index is 13.6. The minimum Gasteiger partial charge on any atom is -0.395 e. The van der Waals surface area contributed by atoms with Gasteiger partial charge < -0.3 is 9.84 Å². The largest absolute Gasteiger partial charge is 0.395 e. The number of hydrogen-bond acceptors (Lipinski definition) is 2. The molecule has 0 saturated heterocycles. The van der Waals surface area contributed by atoms with E-state index in [9.17, 15) is 4.39 Å². The summed E-state index contributed by atoms with van der Waals surface area (Å²) in [5.41, 5.74) is 1.30. The van der Waals surface area contributed by atoms with Crippen molar-refractivity contribution in [2.45, 2.75) is 52.1 Å². The molecule has 0 bridgehead atoms. The van der Waals surface area contributed by atoms with Gasteiger partial charge in [0.05, 0.1) is 18.8 Å². The zero-order valence-electron chi connectivity index (χ0n) is 12.8. The first-order chi connectivity index (χ1) is 10.3. The molecule has 0 fully saturated rings. The molecule has 116 valence electrons. The van der Waals surface area contributed by atoms with E-state index in [1.54, 1.807) is 12.1 Å². The fourth-order valence-corrected chi connectivity index (χ4v) is 1.97. The van der Waals surface area contributed by atoms with Crippen LogP contribution in [0.15, 0.2) is 18.2 Å². The fraction of sp³-hybridized carbons (Fsp3) is 0.556. The van der Waals surface area contributed by atoms with Gasteiger partial charge in [0.15, 0.2) is 0 Å². The molecule has 0 saturated carbocycles. The van der Waals surface area contributed by atoms with Crippen molar-refractivity contribution in [1.29, 1.82) is 0 Å². The third kappa shape index (κ3) is 7.84. The highest BCUT2D eigenvalue weighted by Crippen LogP contribution is 2.11. The second kappa shape index (κ2) is 11.3. The summed E-state index contributed by atoms with van der Waals surface area (Å²) in [5.74, 6) is 5.14. The van der Waals surface area contributed by atoms with Crippen molar-refractivity contribution in [3.63, 3.8) is 0 Å². The first-order valence-corrected chi connectivity index (χ1v) is 7.73. The SMILES string of the molecule is CCCCCCCOCc1ccc(F)c(C#CCCO)c1. The van der Waals surface area contributed by atoms with Crippen molar-refractivity contribution >= 4 is 0 Å². The lowest BCUT2D eigenvalue weighted by molar-refractivity contribution is 0.116. The Kier molecular flexibility index (Phi) is 9.52. The monoisotopic (exact) mass is 292 g/mol. The van der Waals surface area contributed by atoms with Gasteiger partial charge >= 0.3 is 0 Å². The van der Waals surface area contributed by atoms with E-state index >= 15 is 0 Å². The van der Waals surface area contributed by atoms with Crippen LogP contribution in [-0.2, 0) is 11.3 Å². The lowest BCUT2D eigenvalue weighted by atomic mass is 10.1. The second-order valence-electron chi connectivity index (χ2n) is 5.06. The molecule has 0 aliphatic rings. The van der Waals surface area contributed by atoms with Crippen LogP contribution in [0.5, 0.6) is 0 Å². The molecular weight excluding hydrogens is 267 g/mol. The second-order valence-corrected chi connectivity index (χ2v) is 5.06. The van der Waals surface area contributed by atoms with E-state index < -0.39 is 0 Å². The standard InChI is InChI=1S/C18H25FO2/c1-2-3-4-5-8-13-21-15-16-10-11-18(19)17(14-16)9-6-7-12-20/h10-11,14,20H,2-5,7-8,12-13,15H2,1H3. The molecule has 0 heterocycles. The smallest absolute Gasteiger partial charge is 0.138 e. The van der Waals surface area contributed by atoms with Crippen molar-refractivity contribution in [2.24, 2.45) is 0 Å². The van der Waals surface area contributed by atoms with Gasteiger partial charge in [0.1, 0.15) is 5.82 Å². The summed E-state index contributed by atoms with van der Waals surface area (Å²) in [6.07, 6.45) is 6.43. The van der Waals surface area contributed by atoms with Crippen LogP contribution >= 0.6 is 0 Å². The Labute approximate surface area is 127 Å². The van der Waals surface area contributed by atoms with Gasteiger partial charge in [-0.2, -0.15) is 0 Å². The van der Waals surface area contributed by atoms with Crippen molar-refractivity contribution in [1.82, 2.24) is 0 Å². The van der Waals surface area contributed by atoms with Gasteiger partial charge in [-0.3, -0.25) is 0 Å². The third-order valence-corrected chi connectivity index (χ3v) is 3.15. The highest BCUT2D eigenvalue weighted by atomic mass is 19.1. The number of aliphatic hydroxyl groups is 1. The van der Waals surface area contributed by atoms with E-state index in [1.807, 2.05) is 0 Å². The summed E-state index contributed by atoms with van der Waals surface area (Å²) in [7, 11) is 0. The summed E-state index contributed by atoms with van der Waals surface area (Å²) in [4.78, 5) is 0. The number of rotatable bonds is 9. The summed E-state index contributed by atoms with van der Waals surface area (Å²) < 4.78 is 19.2. The van der Waals surface area contributed by atoms with Gasteiger partial charge in [-0.05, 0) is 24.1 Å². The molecule has 0 amide bonds. The molecule has 0 spiro atoms. The Balaban J connectivity index is 2.35. The van der Waals surface area contributed by atoms with E-state index in [4.69, 9.17) is 9.84 Å². The molecule has 1 aromatic carbocycles.